The van der Waals surface area contributed by atoms with Crippen LogP contribution in [-0.4, -0.2) is 24.9 Å². The SMILES string of the molecule is CCC(C)OP(=O)(O)CS(=O)(=O)c1ccc(C)cc1. The minimum atomic E-state index is -4.15. The zero-order valence-corrected chi connectivity index (χ0v) is 12.9. The molecule has 2 atom stereocenters. The van der Waals surface area contributed by atoms with Crippen LogP contribution >= 0.6 is 7.60 Å². The highest BCUT2D eigenvalue weighted by molar-refractivity contribution is 7.97. The zero-order valence-electron chi connectivity index (χ0n) is 11.2. The molecule has 19 heavy (non-hydrogen) atoms. The molecule has 1 aromatic rings. The highest BCUT2D eigenvalue weighted by Gasteiger charge is 2.31. The summed E-state index contributed by atoms with van der Waals surface area (Å²) in [5, 5.41) is 0. The lowest BCUT2D eigenvalue weighted by atomic mass is 10.2. The molecule has 0 heterocycles. The molecule has 5 nitrogen and oxygen atoms in total. The van der Waals surface area contributed by atoms with Gasteiger partial charge in [-0.15, -0.1) is 0 Å². The quantitative estimate of drug-likeness (QED) is 0.817. The molecule has 0 saturated heterocycles. The van der Waals surface area contributed by atoms with Gasteiger partial charge < -0.3 is 9.42 Å². The van der Waals surface area contributed by atoms with Crippen LogP contribution < -0.4 is 0 Å². The second-order valence-electron chi connectivity index (χ2n) is 4.52. The number of rotatable bonds is 6. The molecule has 1 N–H and O–H groups in total. The van der Waals surface area contributed by atoms with Gasteiger partial charge in [-0.2, -0.15) is 0 Å². The van der Waals surface area contributed by atoms with Crippen molar-refractivity contribution < 1.29 is 22.4 Å². The summed E-state index contributed by atoms with van der Waals surface area (Å²) in [7, 11) is -7.98. The molecular weight excluding hydrogens is 287 g/mol. The van der Waals surface area contributed by atoms with Gasteiger partial charge in [0.15, 0.2) is 15.3 Å². The first-order valence-electron chi connectivity index (χ1n) is 5.96. The summed E-state index contributed by atoms with van der Waals surface area (Å²) < 4.78 is 40.7. The van der Waals surface area contributed by atoms with Crippen molar-refractivity contribution in [3.63, 3.8) is 0 Å². The van der Waals surface area contributed by atoms with Crippen molar-refractivity contribution in [3.05, 3.63) is 29.8 Å². The summed E-state index contributed by atoms with van der Waals surface area (Å²) in [6.45, 7) is 5.25. The highest BCUT2D eigenvalue weighted by Crippen LogP contribution is 2.46. The number of sulfone groups is 1. The third-order valence-electron chi connectivity index (χ3n) is 2.63. The minimum absolute atomic E-state index is 0.0279. The van der Waals surface area contributed by atoms with Crippen LogP contribution in [0, 0.1) is 6.92 Å². The molecular formula is C12H19O5PS. The van der Waals surface area contributed by atoms with E-state index in [1.165, 1.54) is 12.1 Å². The first-order chi connectivity index (χ1) is 8.66. The lowest BCUT2D eigenvalue weighted by Crippen LogP contribution is -2.12. The Morgan fingerprint density at radius 2 is 1.84 bits per heavy atom. The lowest BCUT2D eigenvalue weighted by molar-refractivity contribution is 0.188. The van der Waals surface area contributed by atoms with Crippen LogP contribution in [0.25, 0.3) is 0 Å². The minimum Gasteiger partial charge on any atom is -0.324 e. The number of hydrogen-bond acceptors (Lipinski definition) is 4. The molecule has 0 spiro atoms. The lowest BCUT2D eigenvalue weighted by Gasteiger charge is -2.16. The molecule has 0 amide bonds. The Labute approximate surface area is 114 Å². The second-order valence-corrected chi connectivity index (χ2v) is 8.74. The number of aryl methyl sites for hydroxylation is 1. The van der Waals surface area contributed by atoms with Gasteiger partial charge in [-0.25, -0.2) is 8.42 Å². The molecule has 0 bridgehead atoms. The average molecular weight is 306 g/mol. The Morgan fingerprint density at radius 3 is 2.32 bits per heavy atom. The fourth-order valence-corrected chi connectivity index (χ4v) is 5.24. The fourth-order valence-electron chi connectivity index (χ4n) is 1.42. The summed E-state index contributed by atoms with van der Waals surface area (Å²) in [6, 6.07) is 6.14. The van der Waals surface area contributed by atoms with Crippen molar-refractivity contribution in [1.82, 2.24) is 0 Å². The van der Waals surface area contributed by atoms with Crippen LogP contribution in [-0.2, 0) is 18.9 Å². The van der Waals surface area contributed by atoms with Crippen LogP contribution in [0.3, 0.4) is 0 Å². The summed E-state index contributed by atoms with van der Waals surface area (Å²) in [4.78, 5) is 9.65. The van der Waals surface area contributed by atoms with Gasteiger partial charge in [0.1, 0.15) is 0 Å². The summed E-state index contributed by atoms with van der Waals surface area (Å²) in [5.41, 5.74) is 0.0231. The van der Waals surface area contributed by atoms with E-state index >= 15 is 0 Å². The van der Waals surface area contributed by atoms with E-state index in [0.29, 0.717) is 6.42 Å². The maximum Gasteiger partial charge on any atom is 0.343 e. The molecule has 0 saturated carbocycles. The summed E-state index contributed by atoms with van der Waals surface area (Å²) >= 11 is 0. The van der Waals surface area contributed by atoms with Crippen molar-refractivity contribution in [2.45, 2.75) is 38.2 Å². The van der Waals surface area contributed by atoms with Crippen molar-refractivity contribution in [2.75, 3.05) is 5.49 Å². The molecule has 1 rings (SSSR count). The Bertz CT molecular complexity index is 564. The Kier molecular flexibility index (Phi) is 5.33. The van der Waals surface area contributed by atoms with Crippen LogP contribution in [0.2, 0.25) is 0 Å². The topological polar surface area (TPSA) is 80.7 Å². The van der Waals surface area contributed by atoms with Gasteiger partial charge >= 0.3 is 7.60 Å². The summed E-state index contributed by atoms with van der Waals surface area (Å²) in [5.74, 6) is 0. The van der Waals surface area contributed by atoms with Gasteiger partial charge in [-0.05, 0) is 32.4 Å². The smallest absolute Gasteiger partial charge is 0.324 e. The number of hydrogen-bond donors (Lipinski definition) is 1. The van der Waals surface area contributed by atoms with E-state index in [1.807, 2.05) is 6.92 Å². The first-order valence-corrected chi connectivity index (χ1v) is 9.37. The van der Waals surface area contributed by atoms with Crippen LogP contribution in [0.1, 0.15) is 25.8 Å². The van der Waals surface area contributed by atoms with E-state index in [-0.39, 0.29) is 4.90 Å². The molecule has 0 aliphatic rings. The van der Waals surface area contributed by atoms with Crippen molar-refractivity contribution in [2.24, 2.45) is 0 Å². The maximum absolute atomic E-state index is 12.0. The van der Waals surface area contributed by atoms with Gasteiger partial charge in [0, 0.05) is 0 Å². The van der Waals surface area contributed by atoms with Crippen LogP contribution in [0.4, 0.5) is 0 Å². The second kappa shape index (κ2) is 6.18. The Hall–Kier alpha value is -0.680. The van der Waals surface area contributed by atoms with Gasteiger partial charge in [0.2, 0.25) is 0 Å². The standard InChI is InChI=1S/C12H19O5PS/c1-4-11(3)17-18(13,14)9-19(15,16)12-7-5-10(2)6-8-12/h5-8,11H,4,9H2,1-3H3,(H,13,14). The molecule has 108 valence electrons. The van der Waals surface area contributed by atoms with E-state index < -0.39 is 29.0 Å². The van der Waals surface area contributed by atoms with Crippen molar-refractivity contribution >= 4 is 17.4 Å². The first kappa shape index (κ1) is 16.4. The third kappa shape index (κ3) is 5.07. The van der Waals surface area contributed by atoms with Crippen molar-refractivity contribution in [3.8, 4) is 0 Å². The van der Waals surface area contributed by atoms with Crippen molar-refractivity contribution in [1.29, 1.82) is 0 Å². The predicted molar refractivity (Wildman–Crippen MR) is 73.9 cm³/mol. The molecule has 2 unspecified atom stereocenters. The molecule has 7 heteroatoms. The van der Waals surface area contributed by atoms with Crippen LogP contribution in [0.5, 0.6) is 0 Å². The Balaban J connectivity index is 2.91. The van der Waals surface area contributed by atoms with E-state index in [9.17, 15) is 17.9 Å². The monoisotopic (exact) mass is 306 g/mol. The third-order valence-corrected chi connectivity index (χ3v) is 6.98. The normalized spacial score (nSPS) is 16.8. The predicted octanol–water partition coefficient (Wildman–Crippen LogP) is 2.73. The number of benzene rings is 1. The largest absolute Gasteiger partial charge is 0.343 e. The fraction of sp³-hybridized carbons (Fsp3) is 0.500. The van der Waals surface area contributed by atoms with Gasteiger partial charge in [0.25, 0.3) is 0 Å². The highest BCUT2D eigenvalue weighted by atomic mass is 32.2. The van der Waals surface area contributed by atoms with Crippen LogP contribution in [0.15, 0.2) is 29.2 Å². The van der Waals surface area contributed by atoms with Gasteiger partial charge in [-0.1, -0.05) is 24.6 Å². The van der Waals surface area contributed by atoms with E-state index in [2.05, 4.69) is 0 Å². The maximum atomic E-state index is 12.0. The molecule has 0 aromatic heterocycles. The molecule has 0 radical (unpaired) electrons. The molecule has 0 fully saturated rings. The van der Waals surface area contributed by atoms with E-state index in [4.69, 9.17) is 4.52 Å². The molecule has 1 aromatic carbocycles. The molecule has 0 aliphatic heterocycles. The average Bonchev–Trinajstić information content (AvgIpc) is 2.27. The van der Waals surface area contributed by atoms with Gasteiger partial charge in [0.05, 0.1) is 11.0 Å². The molecule has 0 aliphatic carbocycles. The van der Waals surface area contributed by atoms with E-state index in [1.54, 1.807) is 26.0 Å². The zero-order chi connectivity index (χ0) is 14.7. The van der Waals surface area contributed by atoms with E-state index in [0.717, 1.165) is 5.56 Å². The van der Waals surface area contributed by atoms with Gasteiger partial charge in [-0.3, -0.25) is 4.57 Å². The Morgan fingerprint density at radius 1 is 1.32 bits per heavy atom. The summed E-state index contributed by atoms with van der Waals surface area (Å²) in [6.07, 6.45) is 0.0823.